The highest BCUT2D eigenvalue weighted by atomic mass is 35.5. The van der Waals surface area contributed by atoms with E-state index in [0.717, 1.165) is 0 Å². The first-order chi connectivity index (χ1) is 9.82. The van der Waals surface area contributed by atoms with Gasteiger partial charge in [0.05, 0.1) is 15.6 Å². The van der Waals surface area contributed by atoms with Gasteiger partial charge in [0.25, 0.3) is 0 Å². The maximum Gasteiger partial charge on any atom is 0.407 e. The summed E-state index contributed by atoms with van der Waals surface area (Å²) in [5, 5.41) is 0.640. The van der Waals surface area contributed by atoms with E-state index < -0.39 is 11.9 Å². The average Bonchev–Trinajstić information content (AvgIpc) is 2.34. The Morgan fingerprint density at radius 1 is 1.33 bits per heavy atom. The van der Waals surface area contributed by atoms with E-state index in [2.05, 4.69) is 0 Å². The Labute approximate surface area is 134 Å². The summed E-state index contributed by atoms with van der Waals surface area (Å²) in [5.41, 5.74) is 5.55. The normalized spacial score (nSPS) is 14.0. The highest BCUT2D eigenvalue weighted by Crippen LogP contribution is 2.42. The molecule has 0 saturated carbocycles. The number of primary amides is 1. The van der Waals surface area contributed by atoms with Gasteiger partial charge in [-0.05, 0) is 18.1 Å². The van der Waals surface area contributed by atoms with Crippen LogP contribution in [0.3, 0.4) is 0 Å². The molecule has 1 aromatic rings. The Morgan fingerprint density at radius 2 is 1.90 bits per heavy atom. The first-order valence-corrected chi connectivity index (χ1v) is 7.14. The van der Waals surface area contributed by atoms with Crippen molar-refractivity contribution >= 4 is 29.3 Å². The molecule has 1 aromatic carbocycles. The van der Waals surface area contributed by atoms with E-state index in [-0.39, 0.29) is 12.7 Å². The monoisotopic (exact) mass is 335 g/mol. The Balaban J connectivity index is 3.40. The molecule has 0 aliphatic heterocycles. The molecule has 21 heavy (non-hydrogen) atoms. The minimum Gasteiger partial charge on any atom is -0.412 e. The first-order valence-electron chi connectivity index (χ1n) is 6.38. The summed E-state index contributed by atoms with van der Waals surface area (Å²) < 4.78 is 15.8. The Kier molecular flexibility index (Phi) is 6.74. The minimum atomic E-state index is -1.49. The van der Waals surface area contributed by atoms with Crippen LogP contribution in [-0.4, -0.2) is 20.0 Å². The molecule has 0 saturated heterocycles. The number of hydrogen-bond acceptors (Lipinski definition) is 4. The van der Waals surface area contributed by atoms with E-state index in [1.807, 2.05) is 13.8 Å². The van der Waals surface area contributed by atoms with Crippen molar-refractivity contribution < 1.29 is 19.0 Å². The minimum absolute atomic E-state index is 0.110. The van der Waals surface area contributed by atoms with E-state index in [4.69, 9.17) is 43.1 Å². The van der Waals surface area contributed by atoms with E-state index in [9.17, 15) is 4.79 Å². The molecule has 0 fully saturated rings. The van der Waals surface area contributed by atoms with Crippen LogP contribution in [0.5, 0.6) is 0 Å². The number of methoxy groups -OCH3 is 1. The molecule has 5 nitrogen and oxygen atoms in total. The predicted molar refractivity (Wildman–Crippen MR) is 81.2 cm³/mol. The topological polar surface area (TPSA) is 70.8 Å². The molecule has 0 heterocycles. The molecule has 1 rings (SSSR count). The molecule has 0 radical (unpaired) electrons. The smallest absolute Gasteiger partial charge is 0.407 e. The van der Waals surface area contributed by atoms with Crippen molar-refractivity contribution in [3.05, 3.63) is 33.8 Å². The lowest BCUT2D eigenvalue weighted by Crippen LogP contribution is -2.40. The van der Waals surface area contributed by atoms with Crippen LogP contribution in [0.1, 0.15) is 25.8 Å². The van der Waals surface area contributed by atoms with Gasteiger partial charge in [0.15, 0.2) is 6.79 Å². The third-order valence-electron chi connectivity index (χ3n) is 2.70. The van der Waals surface area contributed by atoms with Crippen LogP contribution in [0.4, 0.5) is 4.79 Å². The third kappa shape index (κ3) is 4.74. The van der Waals surface area contributed by atoms with Crippen LogP contribution in [0.25, 0.3) is 0 Å². The quantitative estimate of drug-likeness (QED) is 0.767. The van der Waals surface area contributed by atoms with Gasteiger partial charge in [-0.3, -0.25) is 0 Å². The number of nitrogens with two attached hydrogens (primary N) is 1. The van der Waals surface area contributed by atoms with Crippen LogP contribution in [0.15, 0.2) is 18.2 Å². The summed E-state index contributed by atoms with van der Waals surface area (Å²) >= 11 is 12.4. The van der Waals surface area contributed by atoms with Crippen molar-refractivity contribution in [1.82, 2.24) is 0 Å². The molecule has 2 N–H and O–H groups in total. The molecule has 1 atom stereocenters. The summed E-state index contributed by atoms with van der Waals surface area (Å²) in [6.45, 7) is 3.78. The molecule has 0 unspecified atom stereocenters. The fraction of sp³-hybridized carbons (Fsp3) is 0.500. The van der Waals surface area contributed by atoms with Crippen LogP contribution < -0.4 is 5.73 Å². The highest BCUT2D eigenvalue weighted by molar-refractivity contribution is 6.36. The maximum absolute atomic E-state index is 11.3. The number of carbonyl (C=O) groups is 1. The van der Waals surface area contributed by atoms with Gasteiger partial charge in [-0.15, -0.1) is 0 Å². The molecule has 118 valence electrons. The van der Waals surface area contributed by atoms with Gasteiger partial charge in [0.2, 0.25) is 5.79 Å². The molecule has 0 aromatic heterocycles. The lowest BCUT2D eigenvalue weighted by Gasteiger charge is -2.35. The summed E-state index contributed by atoms with van der Waals surface area (Å²) in [6, 6.07) is 4.96. The number of ether oxygens (including phenoxy) is 3. The molecular formula is C14H19Cl2NO4. The zero-order valence-corrected chi connectivity index (χ0v) is 13.7. The van der Waals surface area contributed by atoms with E-state index in [1.165, 1.54) is 7.11 Å². The van der Waals surface area contributed by atoms with Gasteiger partial charge in [-0.1, -0.05) is 43.1 Å². The molecule has 0 aliphatic rings. The summed E-state index contributed by atoms with van der Waals surface area (Å²) in [7, 11) is 1.46. The van der Waals surface area contributed by atoms with Gasteiger partial charge in [-0.25, -0.2) is 4.79 Å². The van der Waals surface area contributed by atoms with Gasteiger partial charge < -0.3 is 19.9 Å². The van der Waals surface area contributed by atoms with Crippen molar-refractivity contribution in [2.75, 3.05) is 13.9 Å². The molecular weight excluding hydrogens is 317 g/mol. The molecule has 0 aliphatic carbocycles. The molecule has 7 heteroatoms. The van der Waals surface area contributed by atoms with Crippen LogP contribution in [0.2, 0.25) is 10.0 Å². The Hall–Kier alpha value is -1.01. The fourth-order valence-corrected chi connectivity index (χ4v) is 2.76. The van der Waals surface area contributed by atoms with E-state index in [0.29, 0.717) is 22.0 Å². The summed E-state index contributed by atoms with van der Waals surface area (Å²) in [4.78, 5) is 11.3. The Bertz CT molecular complexity index is 476. The van der Waals surface area contributed by atoms with Crippen LogP contribution in [-0.2, 0) is 20.0 Å². The van der Waals surface area contributed by atoms with Gasteiger partial charge >= 0.3 is 6.09 Å². The number of halogens is 2. The highest BCUT2D eigenvalue weighted by Gasteiger charge is 2.41. The number of amides is 1. The predicted octanol–water partition coefficient (Wildman–Crippen LogP) is 3.91. The lowest BCUT2D eigenvalue weighted by atomic mass is 9.95. The molecule has 0 bridgehead atoms. The zero-order chi connectivity index (χ0) is 16.0. The third-order valence-corrected chi connectivity index (χ3v) is 3.33. The molecule has 1 amide bonds. The standard InChI is InChI=1S/C14H19Cl2NO4/c1-9(2)7-14(20-8-19-3,21-13(17)18)12-10(15)5-4-6-11(12)16/h4-6,9H,7-8H2,1-3H3,(H2,17,18)/t14-/m1/s1. The Morgan fingerprint density at radius 3 is 2.33 bits per heavy atom. The van der Waals surface area contributed by atoms with Crippen molar-refractivity contribution in [3.63, 3.8) is 0 Å². The van der Waals surface area contributed by atoms with E-state index >= 15 is 0 Å². The van der Waals surface area contributed by atoms with Crippen molar-refractivity contribution in [3.8, 4) is 0 Å². The average molecular weight is 336 g/mol. The first kappa shape index (κ1) is 18.0. The second-order valence-corrected chi connectivity index (χ2v) is 5.73. The second kappa shape index (κ2) is 7.84. The maximum atomic E-state index is 11.3. The van der Waals surface area contributed by atoms with Gasteiger partial charge in [-0.2, -0.15) is 0 Å². The second-order valence-electron chi connectivity index (χ2n) is 4.92. The van der Waals surface area contributed by atoms with Crippen molar-refractivity contribution in [2.45, 2.75) is 26.1 Å². The van der Waals surface area contributed by atoms with Gasteiger partial charge in [0.1, 0.15) is 0 Å². The van der Waals surface area contributed by atoms with Crippen LogP contribution in [0, 0.1) is 5.92 Å². The fourth-order valence-electron chi connectivity index (χ4n) is 2.07. The number of rotatable bonds is 7. The van der Waals surface area contributed by atoms with Gasteiger partial charge in [0, 0.05) is 13.5 Å². The summed E-state index contributed by atoms with van der Waals surface area (Å²) in [5.74, 6) is -1.38. The summed E-state index contributed by atoms with van der Waals surface area (Å²) in [6.07, 6.45) is -0.661. The van der Waals surface area contributed by atoms with Crippen molar-refractivity contribution in [2.24, 2.45) is 11.7 Å². The zero-order valence-electron chi connectivity index (χ0n) is 12.2. The lowest BCUT2D eigenvalue weighted by molar-refractivity contribution is -0.255. The van der Waals surface area contributed by atoms with Crippen molar-refractivity contribution in [1.29, 1.82) is 0 Å². The van der Waals surface area contributed by atoms with E-state index in [1.54, 1.807) is 18.2 Å². The van der Waals surface area contributed by atoms with Crippen LogP contribution >= 0.6 is 23.2 Å². The largest absolute Gasteiger partial charge is 0.412 e. The number of benzene rings is 1. The number of carbonyl (C=O) groups excluding carboxylic acids is 1. The number of hydrogen-bond donors (Lipinski definition) is 1. The molecule has 0 spiro atoms. The SMILES string of the molecule is COCO[C@](CC(C)C)(OC(N)=O)c1c(Cl)cccc1Cl.